The van der Waals surface area contributed by atoms with Gasteiger partial charge in [-0.3, -0.25) is 4.79 Å². The van der Waals surface area contributed by atoms with E-state index in [2.05, 4.69) is 10.1 Å². The highest BCUT2D eigenvalue weighted by molar-refractivity contribution is 5.76. The Balaban J connectivity index is 1.34. The van der Waals surface area contributed by atoms with Crippen LogP contribution in [0.3, 0.4) is 0 Å². The standard InChI is InChI=1S/C22H22FN3O5/c1-28-17-6-2-4-15(12-17)21-24-22(31-25-21)19-14-26(9-11-30-19)20(27)8-10-29-18-7-3-5-16(23)13-18/h2-7,12-13,19H,8-11,14H2,1H3/t19-/m1/s1. The normalized spacial score (nSPS) is 16.2. The molecule has 1 fully saturated rings. The molecule has 1 aliphatic rings. The number of methoxy groups -OCH3 is 1. The van der Waals surface area contributed by atoms with Crippen molar-refractivity contribution >= 4 is 5.91 Å². The molecule has 1 aromatic heterocycles. The number of benzene rings is 2. The number of amides is 1. The number of carbonyl (C=O) groups excluding carboxylic acids is 1. The molecule has 1 aliphatic heterocycles. The second-order valence-corrected chi connectivity index (χ2v) is 6.94. The van der Waals surface area contributed by atoms with Crippen LogP contribution < -0.4 is 9.47 Å². The van der Waals surface area contributed by atoms with Crippen LogP contribution in [0.4, 0.5) is 4.39 Å². The number of nitrogens with zero attached hydrogens (tertiary/aromatic N) is 3. The van der Waals surface area contributed by atoms with Gasteiger partial charge < -0.3 is 23.6 Å². The summed E-state index contributed by atoms with van der Waals surface area (Å²) in [7, 11) is 1.59. The van der Waals surface area contributed by atoms with Crippen LogP contribution in [0.2, 0.25) is 0 Å². The molecule has 0 aliphatic carbocycles. The van der Waals surface area contributed by atoms with Crippen LogP contribution in [0.25, 0.3) is 11.4 Å². The average molecular weight is 427 g/mol. The van der Waals surface area contributed by atoms with Gasteiger partial charge in [-0.25, -0.2) is 4.39 Å². The minimum Gasteiger partial charge on any atom is -0.497 e. The third-order valence-electron chi connectivity index (χ3n) is 4.85. The lowest BCUT2D eigenvalue weighted by molar-refractivity contribution is -0.140. The van der Waals surface area contributed by atoms with Crippen LogP contribution >= 0.6 is 0 Å². The predicted molar refractivity (Wildman–Crippen MR) is 108 cm³/mol. The smallest absolute Gasteiger partial charge is 0.257 e. The second-order valence-electron chi connectivity index (χ2n) is 6.94. The van der Waals surface area contributed by atoms with Crippen LogP contribution in [0.15, 0.2) is 53.1 Å². The van der Waals surface area contributed by atoms with Gasteiger partial charge in [-0.1, -0.05) is 23.4 Å². The summed E-state index contributed by atoms with van der Waals surface area (Å²) >= 11 is 0. The lowest BCUT2D eigenvalue weighted by Gasteiger charge is -2.31. The topological polar surface area (TPSA) is 86.9 Å². The van der Waals surface area contributed by atoms with E-state index in [1.54, 1.807) is 24.1 Å². The fourth-order valence-corrected chi connectivity index (χ4v) is 3.24. The van der Waals surface area contributed by atoms with Gasteiger partial charge in [0.15, 0.2) is 6.10 Å². The summed E-state index contributed by atoms with van der Waals surface area (Å²) in [5.41, 5.74) is 0.757. The van der Waals surface area contributed by atoms with Crippen LogP contribution in [0, 0.1) is 5.82 Å². The fraction of sp³-hybridized carbons (Fsp3) is 0.318. The summed E-state index contributed by atoms with van der Waals surface area (Å²) in [6.07, 6.45) is -0.337. The molecule has 4 rings (SSSR count). The molecule has 0 spiro atoms. The van der Waals surface area contributed by atoms with E-state index in [1.165, 1.54) is 12.1 Å². The van der Waals surface area contributed by atoms with E-state index >= 15 is 0 Å². The van der Waals surface area contributed by atoms with Gasteiger partial charge in [-0.15, -0.1) is 0 Å². The van der Waals surface area contributed by atoms with E-state index in [4.69, 9.17) is 18.7 Å². The summed E-state index contributed by atoms with van der Waals surface area (Å²) in [4.78, 5) is 18.7. The Morgan fingerprint density at radius 2 is 2.06 bits per heavy atom. The lowest BCUT2D eigenvalue weighted by atomic mass is 10.2. The molecule has 8 nitrogen and oxygen atoms in total. The Kier molecular flexibility index (Phi) is 6.42. The largest absolute Gasteiger partial charge is 0.497 e. The number of hydrogen-bond acceptors (Lipinski definition) is 7. The van der Waals surface area contributed by atoms with E-state index in [1.807, 2.05) is 24.3 Å². The summed E-state index contributed by atoms with van der Waals surface area (Å²) < 4.78 is 35.0. The summed E-state index contributed by atoms with van der Waals surface area (Å²) in [6, 6.07) is 13.2. The zero-order valence-electron chi connectivity index (χ0n) is 17.0. The van der Waals surface area contributed by atoms with Crippen molar-refractivity contribution in [3.8, 4) is 22.9 Å². The number of ether oxygens (including phenoxy) is 3. The highest BCUT2D eigenvalue weighted by Gasteiger charge is 2.29. The van der Waals surface area contributed by atoms with Gasteiger partial charge in [-0.2, -0.15) is 4.98 Å². The number of hydrogen-bond donors (Lipinski definition) is 0. The van der Waals surface area contributed by atoms with E-state index in [9.17, 15) is 9.18 Å². The Morgan fingerprint density at radius 3 is 2.90 bits per heavy atom. The monoisotopic (exact) mass is 427 g/mol. The number of rotatable bonds is 7. The minimum absolute atomic E-state index is 0.0859. The van der Waals surface area contributed by atoms with Gasteiger partial charge >= 0.3 is 0 Å². The molecule has 1 atom stereocenters. The zero-order chi connectivity index (χ0) is 21.6. The first-order valence-corrected chi connectivity index (χ1v) is 9.88. The second kappa shape index (κ2) is 9.57. The van der Waals surface area contributed by atoms with Crippen molar-refractivity contribution in [1.29, 1.82) is 0 Å². The van der Waals surface area contributed by atoms with E-state index < -0.39 is 6.10 Å². The number of aromatic nitrogens is 2. The molecular formula is C22H22FN3O5. The Morgan fingerprint density at radius 1 is 1.23 bits per heavy atom. The van der Waals surface area contributed by atoms with E-state index in [0.717, 1.165) is 5.56 Å². The van der Waals surface area contributed by atoms with Crippen LogP contribution in [0.1, 0.15) is 18.4 Å². The molecule has 1 saturated heterocycles. The van der Waals surface area contributed by atoms with Crippen molar-refractivity contribution in [2.24, 2.45) is 0 Å². The first-order chi connectivity index (χ1) is 15.1. The molecule has 0 bridgehead atoms. The third-order valence-corrected chi connectivity index (χ3v) is 4.85. The van der Waals surface area contributed by atoms with Crippen molar-refractivity contribution in [3.05, 3.63) is 60.2 Å². The molecule has 0 N–H and O–H groups in total. The molecule has 1 amide bonds. The highest BCUT2D eigenvalue weighted by Crippen LogP contribution is 2.26. The van der Waals surface area contributed by atoms with Gasteiger partial charge in [-0.05, 0) is 24.3 Å². The van der Waals surface area contributed by atoms with Crippen LogP contribution in [-0.4, -0.2) is 54.4 Å². The maximum Gasteiger partial charge on any atom is 0.257 e. The Bertz CT molecular complexity index is 1040. The maximum absolute atomic E-state index is 13.2. The molecule has 9 heteroatoms. The first kappa shape index (κ1) is 20.8. The molecule has 0 saturated carbocycles. The average Bonchev–Trinajstić information content (AvgIpc) is 3.30. The molecule has 0 radical (unpaired) electrons. The molecular weight excluding hydrogens is 405 g/mol. The van der Waals surface area contributed by atoms with Crippen LogP contribution in [0.5, 0.6) is 11.5 Å². The van der Waals surface area contributed by atoms with Gasteiger partial charge in [0, 0.05) is 18.2 Å². The lowest BCUT2D eigenvalue weighted by Crippen LogP contribution is -2.42. The molecule has 31 heavy (non-hydrogen) atoms. The Hall–Kier alpha value is -3.46. The third kappa shape index (κ3) is 5.18. The molecule has 2 aromatic carbocycles. The quantitative estimate of drug-likeness (QED) is 0.572. The summed E-state index contributed by atoms with van der Waals surface area (Å²) in [5, 5.41) is 4.02. The summed E-state index contributed by atoms with van der Waals surface area (Å²) in [5.74, 6) is 1.35. The fourth-order valence-electron chi connectivity index (χ4n) is 3.24. The van der Waals surface area contributed by atoms with Crippen molar-refractivity contribution in [1.82, 2.24) is 15.0 Å². The number of morpholine rings is 1. The zero-order valence-corrected chi connectivity index (χ0v) is 17.0. The van der Waals surface area contributed by atoms with Crippen molar-refractivity contribution in [2.75, 3.05) is 33.4 Å². The molecule has 3 aromatic rings. The van der Waals surface area contributed by atoms with Gasteiger partial charge in [0.1, 0.15) is 17.3 Å². The summed E-state index contributed by atoms with van der Waals surface area (Å²) in [6.45, 7) is 1.29. The van der Waals surface area contributed by atoms with Crippen molar-refractivity contribution in [2.45, 2.75) is 12.5 Å². The molecule has 0 unspecified atom stereocenters. The Labute approximate surface area is 178 Å². The molecule has 2 heterocycles. The number of carbonyl (C=O) groups is 1. The van der Waals surface area contributed by atoms with Crippen LogP contribution in [-0.2, 0) is 9.53 Å². The van der Waals surface area contributed by atoms with E-state index in [-0.39, 0.29) is 24.8 Å². The SMILES string of the molecule is COc1cccc(-c2noc([C@H]3CN(C(=O)CCOc4cccc(F)c4)CCO3)n2)c1. The van der Waals surface area contributed by atoms with Gasteiger partial charge in [0.05, 0.1) is 33.3 Å². The molecule has 162 valence electrons. The first-order valence-electron chi connectivity index (χ1n) is 9.88. The highest BCUT2D eigenvalue weighted by atomic mass is 19.1. The van der Waals surface area contributed by atoms with Gasteiger partial charge in [0.2, 0.25) is 11.7 Å². The van der Waals surface area contributed by atoms with Crippen molar-refractivity contribution in [3.63, 3.8) is 0 Å². The predicted octanol–water partition coefficient (Wildman–Crippen LogP) is 3.25. The van der Waals surface area contributed by atoms with Gasteiger partial charge in [0.25, 0.3) is 5.89 Å². The van der Waals surface area contributed by atoms with E-state index in [0.29, 0.717) is 42.9 Å². The minimum atomic E-state index is -0.506. The maximum atomic E-state index is 13.2. The van der Waals surface area contributed by atoms with Crippen molar-refractivity contribution < 1.29 is 27.9 Å². The number of halogens is 1.